The summed E-state index contributed by atoms with van der Waals surface area (Å²) in [6.45, 7) is 0.186. The van der Waals surface area contributed by atoms with E-state index < -0.39 is 6.09 Å². The van der Waals surface area contributed by atoms with Gasteiger partial charge in [-0.3, -0.25) is 0 Å². The Morgan fingerprint density at radius 1 is 1.53 bits per heavy atom. The fourth-order valence-electron chi connectivity index (χ4n) is 1.89. The number of ether oxygens (including phenoxy) is 1. The van der Waals surface area contributed by atoms with Crippen LogP contribution in [0.1, 0.15) is 37.1 Å². The molecule has 94 valence electrons. The van der Waals surface area contributed by atoms with E-state index in [0.29, 0.717) is 0 Å². The monoisotopic (exact) mass is 272 g/mol. The number of nitrogens with two attached hydrogens (primary N) is 1. The van der Waals surface area contributed by atoms with Gasteiger partial charge in [0, 0.05) is 5.25 Å². The first-order chi connectivity index (χ1) is 8.24. The Morgan fingerprint density at radius 2 is 2.29 bits per heavy atom. The van der Waals surface area contributed by atoms with E-state index in [1.807, 2.05) is 18.0 Å². The molecular weight excluding hydrogens is 256 g/mol. The first kappa shape index (κ1) is 12.7. The maximum absolute atomic E-state index is 10.5. The smallest absolute Gasteiger partial charge is 0.404 e. The number of carbonyl (C=O) groups is 1. The molecule has 1 amide bonds. The molecule has 0 spiro atoms. The molecule has 6 heteroatoms. The van der Waals surface area contributed by atoms with E-state index in [4.69, 9.17) is 10.5 Å². The molecule has 0 aliphatic heterocycles. The van der Waals surface area contributed by atoms with Crippen LogP contribution in [0.5, 0.6) is 0 Å². The third-order valence-corrected chi connectivity index (χ3v) is 5.15. The Bertz CT molecular complexity index is 375. The van der Waals surface area contributed by atoms with Gasteiger partial charge in [-0.1, -0.05) is 19.3 Å². The van der Waals surface area contributed by atoms with Gasteiger partial charge in [0.15, 0.2) is 0 Å². The highest BCUT2D eigenvalue weighted by Gasteiger charge is 2.16. The molecule has 1 saturated carbocycles. The first-order valence-electron chi connectivity index (χ1n) is 5.77. The van der Waals surface area contributed by atoms with Crippen LogP contribution in [-0.2, 0) is 11.3 Å². The van der Waals surface area contributed by atoms with Crippen LogP contribution in [0.2, 0.25) is 0 Å². The van der Waals surface area contributed by atoms with Gasteiger partial charge in [-0.25, -0.2) is 9.78 Å². The molecule has 17 heavy (non-hydrogen) atoms. The van der Waals surface area contributed by atoms with Crippen LogP contribution >= 0.6 is 23.1 Å². The van der Waals surface area contributed by atoms with Gasteiger partial charge in [0.05, 0.1) is 10.4 Å². The Morgan fingerprint density at radius 3 is 3.00 bits per heavy atom. The minimum atomic E-state index is -0.748. The molecule has 1 aliphatic carbocycles. The number of hydrogen-bond donors (Lipinski definition) is 1. The van der Waals surface area contributed by atoms with Gasteiger partial charge in [-0.15, -0.1) is 23.1 Å². The van der Waals surface area contributed by atoms with E-state index in [-0.39, 0.29) is 6.61 Å². The van der Waals surface area contributed by atoms with Crippen molar-refractivity contribution in [2.75, 3.05) is 0 Å². The first-order valence-corrected chi connectivity index (χ1v) is 7.47. The highest BCUT2D eigenvalue weighted by Crippen LogP contribution is 2.36. The normalized spacial score (nSPS) is 16.9. The van der Waals surface area contributed by atoms with E-state index >= 15 is 0 Å². The van der Waals surface area contributed by atoms with Crippen molar-refractivity contribution in [2.24, 2.45) is 5.73 Å². The lowest BCUT2D eigenvalue weighted by atomic mass is 10.0. The molecule has 1 aliphatic rings. The van der Waals surface area contributed by atoms with Crippen molar-refractivity contribution in [3.05, 3.63) is 11.2 Å². The van der Waals surface area contributed by atoms with Crippen LogP contribution in [-0.4, -0.2) is 16.3 Å². The summed E-state index contributed by atoms with van der Waals surface area (Å²) in [4.78, 5) is 14.7. The summed E-state index contributed by atoms with van der Waals surface area (Å²) < 4.78 is 5.92. The lowest BCUT2D eigenvalue weighted by Crippen LogP contribution is -2.12. The zero-order valence-electron chi connectivity index (χ0n) is 9.55. The largest absolute Gasteiger partial charge is 0.442 e. The number of rotatable bonds is 4. The van der Waals surface area contributed by atoms with Gasteiger partial charge < -0.3 is 10.5 Å². The van der Waals surface area contributed by atoms with Gasteiger partial charge in [0.25, 0.3) is 0 Å². The van der Waals surface area contributed by atoms with E-state index in [1.54, 1.807) is 11.3 Å². The molecule has 4 nitrogen and oxygen atoms in total. The van der Waals surface area contributed by atoms with Gasteiger partial charge in [0.2, 0.25) is 0 Å². The molecule has 2 rings (SSSR count). The summed E-state index contributed by atoms with van der Waals surface area (Å²) in [5.41, 5.74) is 4.91. The van der Waals surface area contributed by atoms with Crippen LogP contribution in [0.3, 0.4) is 0 Å². The van der Waals surface area contributed by atoms with Crippen molar-refractivity contribution in [1.29, 1.82) is 0 Å². The average molecular weight is 272 g/mol. The number of hydrogen-bond acceptors (Lipinski definition) is 5. The van der Waals surface area contributed by atoms with Crippen molar-refractivity contribution < 1.29 is 9.53 Å². The fourth-order valence-corrected chi connectivity index (χ4v) is 4.36. The molecule has 2 N–H and O–H groups in total. The topological polar surface area (TPSA) is 65.2 Å². The molecule has 0 saturated heterocycles. The van der Waals surface area contributed by atoms with Gasteiger partial charge in [-0.2, -0.15) is 0 Å². The van der Waals surface area contributed by atoms with Crippen molar-refractivity contribution >= 4 is 29.2 Å². The number of nitrogens with zero attached hydrogens (tertiary/aromatic N) is 1. The Balaban J connectivity index is 1.82. The van der Waals surface area contributed by atoms with Gasteiger partial charge >= 0.3 is 6.09 Å². The quantitative estimate of drug-likeness (QED) is 0.914. The molecule has 0 atom stereocenters. The molecule has 1 heterocycles. The summed E-state index contributed by atoms with van der Waals surface area (Å²) >= 11 is 3.49. The summed E-state index contributed by atoms with van der Waals surface area (Å²) in [6.07, 6.45) is 7.77. The van der Waals surface area contributed by atoms with Gasteiger partial charge in [0.1, 0.15) is 11.6 Å². The number of carbonyl (C=O) groups excluding carboxylic acids is 1. The minimum absolute atomic E-state index is 0.186. The maximum atomic E-state index is 10.5. The lowest BCUT2D eigenvalue weighted by molar-refractivity contribution is 0.150. The van der Waals surface area contributed by atoms with E-state index in [1.165, 1.54) is 36.3 Å². The number of thiazole rings is 1. The predicted octanol–water partition coefficient (Wildman–Crippen LogP) is 3.16. The average Bonchev–Trinajstić information content (AvgIpc) is 2.75. The number of aromatic nitrogens is 1. The SMILES string of the molecule is NC(=O)OCc1ncc(SC2CCCCC2)s1. The molecular formula is C11H16N2O2S2. The van der Waals surface area contributed by atoms with Crippen LogP contribution < -0.4 is 5.73 Å². The Hall–Kier alpha value is -0.750. The number of thioether (sulfide) groups is 1. The molecule has 0 radical (unpaired) electrons. The predicted molar refractivity (Wildman–Crippen MR) is 69.2 cm³/mol. The second kappa shape index (κ2) is 6.26. The Labute approximate surface area is 109 Å². The molecule has 0 unspecified atom stereocenters. The highest BCUT2D eigenvalue weighted by molar-refractivity contribution is 8.01. The van der Waals surface area contributed by atoms with E-state index in [0.717, 1.165) is 10.3 Å². The highest BCUT2D eigenvalue weighted by atomic mass is 32.2. The minimum Gasteiger partial charge on any atom is -0.442 e. The third-order valence-electron chi connectivity index (χ3n) is 2.71. The molecule has 0 aromatic carbocycles. The Kier molecular flexibility index (Phi) is 4.67. The summed E-state index contributed by atoms with van der Waals surface area (Å²) in [5.74, 6) is 0. The fraction of sp³-hybridized carbons (Fsp3) is 0.636. The maximum Gasteiger partial charge on any atom is 0.404 e. The summed E-state index contributed by atoms with van der Waals surface area (Å²) in [7, 11) is 0. The molecule has 1 fully saturated rings. The number of amides is 1. The summed E-state index contributed by atoms with van der Waals surface area (Å²) in [5, 5.41) is 1.54. The molecule has 0 bridgehead atoms. The van der Waals surface area contributed by atoms with Gasteiger partial charge in [-0.05, 0) is 12.8 Å². The van der Waals surface area contributed by atoms with Crippen molar-refractivity contribution in [3.63, 3.8) is 0 Å². The van der Waals surface area contributed by atoms with Crippen molar-refractivity contribution in [3.8, 4) is 0 Å². The van der Waals surface area contributed by atoms with E-state index in [2.05, 4.69) is 4.98 Å². The van der Waals surface area contributed by atoms with Crippen LogP contribution in [0.15, 0.2) is 10.4 Å². The molecule has 1 aromatic rings. The lowest BCUT2D eigenvalue weighted by Gasteiger charge is -2.19. The van der Waals surface area contributed by atoms with Crippen molar-refractivity contribution in [1.82, 2.24) is 4.98 Å². The standard InChI is InChI=1S/C11H16N2O2S2/c12-11(14)15-7-9-13-6-10(17-9)16-8-4-2-1-3-5-8/h6,8H,1-5,7H2,(H2,12,14). The van der Waals surface area contributed by atoms with Crippen molar-refractivity contribution in [2.45, 2.75) is 48.2 Å². The van der Waals surface area contributed by atoms with Crippen LogP contribution in [0, 0.1) is 0 Å². The number of primary amides is 1. The molecule has 1 aromatic heterocycles. The van der Waals surface area contributed by atoms with Crippen LogP contribution in [0.25, 0.3) is 0 Å². The second-order valence-electron chi connectivity index (χ2n) is 4.06. The van der Waals surface area contributed by atoms with Crippen LogP contribution in [0.4, 0.5) is 4.79 Å². The van der Waals surface area contributed by atoms with E-state index in [9.17, 15) is 4.79 Å². The zero-order valence-corrected chi connectivity index (χ0v) is 11.2. The zero-order chi connectivity index (χ0) is 12.1. The third kappa shape index (κ3) is 4.20. The second-order valence-corrected chi connectivity index (χ2v) is 6.77. The summed E-state index contributed by atoms with van der Waals surface area (Å²) in [6, 6.07) is 0.